The topological polar surface area (TPSA) is 53.1 Å². The number of hydrogen-bond donors (Lipinski definition) is 1. The van der Waals surface area contributed by atoms with Crippen molar-refractivity contribution in [3.63, 3.8) is 0 Å². The fourth-order valence-corrected chi connectivity index (χ4v) is 2.88. The third kappa shape index (κ3) is 3.05. The average Bonchev–Trinajstić information content (AvgIpc) is 2.64. The molecule has 7 heteroatoms. The van der Waals surface area contributed by atoms with E-state index >= 15 is 0 Å². The molecule has 0 aliphatic rings. The molecule has 1 aromatic heterocycles. The van der Waals surface area contributed by atoms with E-state index < -0.39 is 0 Å². The van der Waals surface area contributed by atoms with Crippen molar-refractivity contribution in [1.82, 2.24) is 9.78 Å². The minimum absolute atomic E-state index is 0.318. The Balaban J connectivity index is 2.26. The Hall–Kier alpha value is -0.910. The number of halogens is 3. The molecule has 0 radical (unpaired) electrons. The van der Waals surface area contributed by atoms with Gasteiger partial charge in [-0.25, -0.2) is 0 Å². The summed E-state index contributed by atoms with van der Waals surface area (Å²) in [4.78, 5) is 0. The van der Waals surface area contributed by atoms with Crippen molar-refractivity contribution in [1.29, 1.82) is 0 Å². The lowest BCUT2D eigenvalue weighted by atomic mass is 10.3. The largest absolute Gasteiger partial charge is 0.484 e. The lowest BCUT2D eigenvalue weighted by Crippen LogP contribution is -2.07. The van der Waals surface area contributed by atoms with Crippen LogP contribution in [-0.2, 0) is 13.2 Å². The summed E-state index contributed by atoms with van der Waals surface area (Å²) in [5.74, 6) is 0.427. The molecule has 0 aliphatic heterocycles. The minimum atomic E-state index is 0.318. The molecule has 2 N–H and O–H groups in total. The second kappa shape index (κ2) is 6.24. The third-order valence-corrected chi connectivity index (χ3v) is 4.42. The number of aromatic nitrogens is 2. The van der Waals surface area contributed by atoms with Crippen LogP contribution in [0.15, 0.2) is 16.6 Å². The maximum absolute atomic E-state index is 6.10. The van der Waals surface area contributed by atoms with Crippen molar-refractivity contribution in [3.8, 4) is 5.75 Å². The van der Waals surface area contributed by atoms with Crippen LogP contribution in [0.25, 0.3) is 0 Å². The number of anilines is 1. The molecule has 0 fully saturated rings. The van der Waals surface area contributed by atoms with Crippen LogP contribution in [-0.4, -0.2) is 9.78 Å². The van der Waals surface area contributed by atoms with E-state index in [0.29, 0.717) is 28.1 Å². The van der Waals surface area contributed by atoms with E-state index in [-0.39, 0.29) is 0 Å². The second-order valence-corrected chi connectivity index (χ2v) is 5.87. The van der Waals surface area contributed by atoms with Gasteiger partial charge in [-0.3, -0.25) is 4.68 Å². The normalized spacial score (nSPS) is 10.8. The second-order valence-electron chi connectivity index (χ2n) is 4.26. The van der Waals surface area contributed by atoms with E-state index in [0.717, 1.165) is 22.4 Å². The molecule has 0 amide bonds. The number of benzene rings is 1. The number of nitrogens with two attached hydrogens (primary N) is 1. The molecule has 4 nitrogen and oxygen atoms in total. The maximum atomic E-state index is 6.10. The van der Waals surface area contributed by atoms with Crippen molar-refractivity contribution in [2.45, 2.75) is 27.0 Å². The van der Waals surface area contributed by atoms with E-state index in [1.807, 2.05) is 18.5 Å². The number of nitrogen functional groups attached to an aromatic ring is 1. The highest BCUT2D eigenvalue weighted by molar-refractivity contribution is 9.10. The van der Waals surface area contributed by atoms with Crippen molar-refractivity contribution in [2.75, 3.05) is 5.73 Å². The Bertz CT molecular complexity index is 620. The first-order valence-corrected chi connectivity index (χ1v) is 7.58. The number of aryl methyl sites for hydroxylation is 2. The van der Waals surface area contributed by atoms with Gasteiger partial charge in [0, 0.05) is 12.2 Å². The molecule has 0 saturated heterocycles. The third-order valence-electron chi connectivity index (χ3n) is 2.83. The molecule has 0 spiro atoms. The molecule has 1 aromatic carbocycles. The van der Waals surface area contributed by atoms with Crippen molar-refractivity contribution in [2.24, 2.45) is 0 Å². The van der Waals surface area contributed by atoms with Gasteiger partial charge in [-0.05, 0) is 41.9 Å². The monoisotopic (exact) mass is 377 g/mol. The summed E-state index contributed by atoms with van der Waals surface area (Å²) in [7, 11) is 0. The quantitative estimate of drug-likeness (QED) is 0.800. The highest BCUT2D eigenvalue weighted by Gasteiger charge is 2.15. The summed E-state index contributed by atoms with van der Waals surface area (Å²) in [5.41, 5.74) is 8.02. The zero-order chi connectivity index (χ0) is 14.9. The van der Waals surface area contributed by atoms with E-state index in [9.17, 15) is 0 Å². The Morgan fingerprint density at radius 2 is 1.95 bits per heavy atom. The molecule has 108 valence electrons. The van der Waals surface area contributed by atoms with Crippen molar-refractivity contribution in [3.05, 3.63) is 38.0 Å². The molecule has 2 rings (SSSR count). The lowest BCUT2D eigenvalue weighted by Gasteiger charge is -2.12. The summed E-state index contributed by atoms with van der Waals surface area (Å²) in [6, 6.07) is 3.22. The molecule has 0 saturated carbocycles. The van der Waals surface area contributed by atoms with Crippen LogP contribution in [0.1, 0.15) is 18.3 Å². The van der Waals surface area contributed by atoms with Crippen LogP contribution in [0.3, 0.4) is 0 Å². The fraction of sp³-hybridized carbons (Fsp3) is 0.308. The molecule has 0 unspecified atom stereocenters. The van der Waals surface area contributed by atoms with Gasteiger partial charge in [0.05, 0.1) is 25.9 Å². The van der Waals surface area contributed by atoms with Crippen LogP contribution in [0.5, 0.6) is 5.75 Å². The summed E-state index contributed by atoms with van der Waals surface area (Å²) in [6.07, 6.45) is 0. The molecule has 0 bridgehead atoms. The first-order valence-electron chi connectivity index (χ1n) is 6.03. The number of ether oxygens (including phenoxy) is 1. The van der Waals surface area contributed by atoms with E-state index in [2.05, 4.69) is 21.0 Å². The zero-order valence-corrected chi connectivity index (χ0v) is 14.2. The lowest BCUT2D eigenvalue weighted by molar-refractivity contribution is 0.292. The van der Waals surface area contributed by atoms with Crippen LogP contribution >= 0.6 is 39.1 Å². The Morgan fingerprint density at radius 3 is 2.50 bits per heavy atom. The Labute approximate surface area is 135 Å². The molecule has 0 aliphatic carbocycles. The van der Waals surface area contributed by atoms with E-state index in [1.54, 1.807) is 12.1 Å². The van der Waals surface area contributed by atoms with Crippen LogP contribution in [0.4, 0.5) is 5.69 Å². The van der Waals surface area contributed by atoms with Gasteiger partial charge < -0.3 is 10.5 Å². The molecule has 20 heavy (non-hydrogen) atoms. The van der Waals surface area contributed by atoms with Crippen molar-refractivity contribution >= 4 is 44.8 Å². The summed E-state index contributed by atoms with van der Waals surface area (Å²) < 4.78 is 8.54. The SMILES string of the molecule is CCn1nc(C)c(Br)c1COc1c(Cl)cc(N)cc1Cl. The molecular formula is C13H14BrCl2N3O. The standard InChI is InChI=1S/C13H14BrCl2N3O/c1-3-19-11(12(14)7(2)18-19)6-20-13-9(15)4-8(17)5-10(13)16/h4-5H,3,6,17H2,1-2H3. The van der Waals surface area contributed by atoms with Crippen LogP contribution < -0.4 is 10.5 Å². The summed E-state index contributed by atoms with van der Waals surface area (Å²) in [5, 5.41) is 5.19. The molecule has 2 aromatic rings. The first-order chi connectivity index (χ1) is 9.43. The van der Waals surface area contributed by atoms with Crippen LogP contribution in [0, 0.1) is 6.92 Å². The summed E-state index contributed by atoms with van der Waals surface area (Å²) in [6.45, 7) is 5.03. The predicted molar refractivity (Wildman–Crippen MR) is 85.5 cm³/mol. The molecule has 1 heterocycles. The number of rotatable bonds is 4. The first kappa shape index (κ1) is 15.5. The summed E-state index contributed by atoms with van der Waals surface area (Å²) >= 11 is 15.7. The number of hydrogen-bond acceptors (Lipinski definition) is 3. The van der Waals surface area contributed by atoms with Gasteiger partial charge in [0.1, 0.15) is 6.61 Å². The highest BCUT2D eigenvalue weighted by atomic mass is 79.9. The van der Waals surface area contributed by atoms with Gasteiger partial charge in [0.2, 0.25) is 0 Å². The van der Waals surface area contributed by atoms with Gasteiger partial charge in [-0.15, -0.1) is 0 Å². The van der Waals surface area contributed by atoms with Gasteiger partial charge in [-0.2, -0.15) is 5.10 Å². The molecule has 0 atom stereocenters. The van der Waals surface area contributed by atoms with Gasteiger partial charge >= 0.3 is 0 Å². The minimum Gasteiger partial charge on any atom is -0.484 e. The Morgan fingerprint density at radius 1 is 1.35 bits per heavy atom. The number of nitrogens with zero attached hydrogens (tertiary/aromatic N) is 2. The van der Waals surface area contributed by atoms with Gasteiger partial charge in [0.25, 0.3) is 0 Å². The molecular weight excluding hydrogens is 365 g/mol. The average molecular weight is 379 g/mol. The van der Waals surface area contributed by atoms with E-state index in [4.69, 9.17) is 33.7 Å². The van der Waals surface area contributed by atoms with Gasteiger partial charge in [-0.1, -0.05) is 23.2 Å². The van der Waals surface area contributed by atoms with Crippen LogP contribution in [0.2, 0.25) is 10.0 Å². The maximum Gasteiger partial charge on any atom is 0.157 e. The zero-order valence-electron chi connectivity index (χ0n) is 11.1. The van der Waals surface area contributed by atoms with Crippen molar-refractivity contribution < 1.29 is 4.74 Å². The smallest absolute Gasteiger partial charge is 0.157 e. The van der Waals surface area contributed by atoms with Gasteiger partial charge in [0.15, 0.2) is 5.75 Å². The highest BCUT2D eigenvalue weighted by Crippen LogP contribution is 2.36. The van der Waals surface area contributed by atoms with E-state index in [1.165, 1.54) is 0 Å². The Kier molecular flexibility index (Phi) is 4.83. The fourth-order valence-electron chi connectivity index (χ4n) is 1.86. The predicted octanol–water partition coefficient (Wildman–Crippen LogP) is 4.44.